The van der Waals surface area contributed by atoms with E-state index < -0.39 is 9.84 Å². The number of thiophene rings is 1. The largest absolute Gasteiger partial charge is 0.293 e. The van der Waals surface area contributed by atoms with Gasteiger partial charge in [0.15, 0.2) is 15.6 Å². The molecule has 0 aliphatic heterocycles. The summed E-state index contributed by atoms with van der Waals surface area (Å²) >= 11 is 1.54. The Balaban J connectivity index is 2.03. The van der Waals surface area contributed by atoms with Gasteiger partial charge < -0.3 is 0 Å². The maximum Gasteiger partial charge on any atom is 0.178 e. The molecule has 19 heavy (non-hydrogen) atoms. The number of ketones is 1. The van der Waals surface area contributed by atoms with Crippen LogP contribution in [-0.2, 0) is 9.84 Å². The molecule has 0 unspecified atom stereocenters. The van der Waals surface area contributed by atoms with Gasteiger partial charge in [0.25, 0.3) is 0 Å². The second-order valence-electron chi connectivity index (χ2n) is 5.46. The number of Topliss-reactive ketones (excluding diaryl/α,β-unsaturated/α-hetero) is 1. The van der Waals surface area contributed by atoms with Crippen molar-refractivity contribution in [2.75, 3.05) is 11.5 Å². The summed E-state index contributed by atoms with van der Waals surface area (Å²) in [7, 11) is -3.26. The summed E-state index contributed by atoms with van der Waals surface area (Å²) in [4.78, 5) is 14.1. The monoisotopic (exact) mass is 300 g/mol. The predicted octanol–water partition coefficient (Wildman–Crippen LogP) is 3.15. The zero-order chi connectivity index (χ0) is 14.0. The number of hydrogen-bond donors (Lipinski definition) is 0. The highest BCUT2D eigenvalue weighted by Crippen LogP contribution is 2.27. The molecule has 0 radical (unpaired) electrons. The van der Waals surface area contributed by atoms with Gasteiger partial charge in [-0.3, -0.25) is 4.79 Å². The van der Waals surface area contributed by atoms with Gasteiger partial charge in [0.2, 0.25) is 0 Å². The summed E-state index contributed by atoms with van der Waals surface area (Å²) in [5, 5.41) is 0. The van der Waals surface area contributed by atoms with Crippen LogP contribution < -0.4 is 0 Å². The van der Waals surface area contributed by atoms with Crippen LogP contribution in [0.1, 0.15) is 45.8 Å². The van der Waals surface area contributed by atoms with Gasteiger partial charge in [0.05, 0.1) is 5.75 Å². The predicted molar refractivity (Wildman–Crippen MR) is 78.7 cm³/mol. The Hall–Kier alpha value is -0.680. The Kier molecular flexibility index (Phi) is 4.46. The molecule has 0 aromatic carbocycles. The Morgan fingerprint density at radius 2 is 1.95 bits per heavy atom. The topological polar surface area (TPSA) is 51.2 Å². The molecule has 1 aliphatic rings. The minimum atomic E-state index is -3.26. The fourth-order valence-corrected chi connectivity index (χ4v) is 5.45. The van der Waals surface area contributed by atoms with Gasteiger partial charge in [-0.05, 0) is 38.7 Å². The quantitative estimate of drug-likeness (QED) is 0.785. The van der Waals surface area contributed by atoms with Crippen LogP contribution in [0, 0.1) is 19.8 Å². The average molecular weight is 300 g/mol. The van der Waals surface area contributed by atoms with Crippen molar-refractivity contribution >= 4 is 27.0 Å². The van der Waals surface area contributed by atoms with Crippen LogP contribution in [0.2, 0.25) is 0 Å². The number of sulfone groups is 1. The lowest BCUT2D eigenvalue weighted by molar-refractivity contribution is 0.102. The zero-order valence-corrected chi connectivity index (χ0v) is 13.1. The molecule has 0 spiro atoms. The lowest BCUT2D eigenvalue weighted by Crippen LogP contribution is -2.22. The van der Waals surface area contributed by atoms with E-state index in [0.717, 1.165) is 35.4 Å². The van der Waals surface area contributed by atoms with Crippen molar-refractivity contribution in [3.05, 3.63) is 21.4 Å². The Labute approximate surface area is 119 Å². The molecular weight excluding hydrogens is 280 g/mol. The molecule has 0 saturated heterocycles. The average Bonchev–Trinajstić information content (AvgIpc) is 2.86. The third-order valence-corrected chi connectivity index (χ3v) is 6.30. The zero-order valence-electron chi connectivity index (χ0n) is 11.4. The molecule has 1 aromatic heterocycles. The maximum absolute atomic E-state index is 12.1. The first-order chi connectivity index (χ1) is 8.87. The van der Waals surface area contributed by atoms with Gasteiger partial charge >= 0.3 is 0 Å². The molecular formula is C14H20O3S2. The third-order valence-electron chi connectivity index (χ3n) is 3.66. The Morgan fingerprint density at radius 3 is 2.47 bits per heavy atom. The Morgan fingerprint density at radius 1 is 1.32 bits per heavy atom. The van der Waals surface area contributed by atoms with Gasteiger partial charge in [-0.2, -0.15) is 0 Å². The molecule has 0 N–H and O–H groups in total. The number of hydrogen-bond acceptors (Lipinski definition) is 4. The van der Waals surface area contributed by atoms with Gasteiger partial charge in [0.1, 0.15) is 5.75 Å². The highest BCUT2D eigenvalue weighted by molar-refractivity contribution is 7.92. The van der Waals surface area contributed by atoms with Crippen molar-refractivity contribution < 1.29 is 13.2 Å². The van der Waals surface area contributed by atoms with E-state index in [9.17, 15) is 13.2 Å². The maximum atomic E-state index is 12.1. The highest BCUT2D eigenvalue weighted by Gasteiger charge is 2.26. The van der Waals surface area contributed by atoms with E-state index >= 15 is 0 Å². The fraction of sp³-hybridized carbons (Fsp3) is 0.643. The molecule has 0 atom stereocenters. The lowest BCUT2D eigenvalue weighted by Gasteiger charge is -2.09. The van der Waals surface area contributed by atoms with Crippen molar-refractivity contribution in [3.8, 4) is 0 Å². The molecule has 5 heteroatoms. The SMILES string of the molecule is Cc1cc(C(=O)CS(=O)(=O)CC2CCCC2)c(C)s1. The van der Waals surface area contributed by atoms with E-state index in [2.05, 4.69) is 0 Å². The summed E-state index contributed by atoms with van der Waals surface area (Å²) < 4.78 is 24.1. The van der Waals surface area contributed by atoms with Gasteiger partial charge in [0, 0.05) is 15.3 Å². The molecule has 0 amide bonds. The Bertz CT molecular complexity index is 564. The normalized spacial score (nSPS) is 16.9. The third kappa shape index (κ3) is 3.89. The van der Waals surface area contributed by atoms with Crippen LogP contribution in [-0.4, -0.2) is 25.7 Å². The van der Waals surface area contributed by atoms with Crippen LogP contribution in [0.15, 0.2) is 6.07 Å². The first-order valence-electron chi connectivity index (χ1n) is 6.68. The van der Waals surface area contributed by atoms with Crippen molar-refractivity contribution in [2.45, 2.75) is 39.5 Å². The molecule has 1 aliphatic carbocycles. The molecule has 1 fully saturated rings. The van der Waals surface area contributed by atoms with E-state index in [-0.39, 0.29) is 23.2 Å². The second kappa shape index (κ2) is 5.75. The van der Waals surface area contributed by atoms with E-state index in [0.29, 0.717) is 5.56 Å². The summed E-state index contributed by atoms with van der Waals surface area (Å²) in [6, 6.07) is 1.80. The first kappa shape index (κ1) is 14.7. The molecule has 106 valence electrons. The summed E-state index contributed by atoms with van der Waals surface area (Å²) in [6.07, 6.45) is 4.22. The number of carbonyl (C=O) groups is 1. The molecule has 3 nitrogen and oxygen atoms in total. The van der Waals surface area contributed by atoms with Crippen molar-refractivity contribution in [3.63, 3.8) is 0 Å². The van der Waals surface area contributed by atoms with Crippen molar-refractivity contribution in [2.24, 2.45) is 5.92 Å². The molecule has 1 saturated carbocycles. The number of rotatable bonds is 5. The van der Waals surface area contributed by atoms with Crippen LogP contribution >= 0.6 is 11.3 Å². The van der Waals surface area contributed by atoms with Crippen molar-refractivity contribution in [1.29, 1.82) is 0 Å². The van der Waals surface area contributed by atoms with Gasteiger partial charge in [-0.15, -0.1) is 11.3 Å². The summed E-state index contributed by atoms with van der Waals surface area (Å²) in [5.41, 5.74) is 0.581. The fourth-order valence-electron chi connectivity index (χ4n) is 2.78. The lowest BCUT2D eigenvalue weighted by atomic mass is 10.1. The van der Waals surface area contributed by atoms with E-state index in [1.54, 1.807) is 17.4 Å². The summed E-state index contributed by atoms with van der Waals surface area (Å²) in [5.74, 6) is -0.135. The first-order valence-corrected chi connectivity index (χ1v) is 9.32. The van der Waals surface area contributed by atoms with Crippen LogP contribution in [0.25, 0.3) is 0 Å². The van der Waals surface area contributed by atoms with E-state index in [1.165, 1.54) is 0 Å². The molecule has 1 aromatic rings. The standard InChI is InChI=1S/C14H20O3S2/c1-10-7-13(11(2)18-10)14(15)9-19(16,17)8-12-5-3-4-6-12/h7,12H,3-6,8-9H2,1-2H3. The molecule has 2 rings (SSSR count). The van der Waals surface area contributed by atoms with Crippen LogP contribution in [0.4, 0.5) is 0 Å². The van der Waals surface area contributed by atoms with Crippen molar-refractivity contribution in [1.82, 2.24) is 0 Å². The molecule has 1 heterocycles. The number of aryl methyl sites for hydroxylation is 2. The van der Waals surface area contributed by atoms with E-state index in [1.807, 2.05) is 13.8 Å². The van der Waals surface area contributed by atoms with E-state index in [4.69, 9.17) is 0 Å². The minimum Gasteiger partial charge on any atom is -0.293 e. The highest BCUT2D eigenvalue weighted by atomic mass is 32.2. The number of carbonyl (C=O) groups excluding carboxylic acids is 1. The summed E-state index contributed by atoms with van der Waals surface area (Å²) in [6.45, 7) is 3.80. The molecule has 0 bridgehead atoms. The minimum absolute atomic E-state index is 0.181. The second-order valence-corrected chi connectivity index (χ2v) is 9.02. The van der Waals surface area contributed by atoms with Crippen LogP contribution in [0.5, 0.6) is 0 Å². The van der Waals surface area contributed by atoms with Gasteiger partial charge in [-0.25, -0.2) is 8.42 Å². The van der Waals surface area contributed by atoms with Gasteiger partial charge in [-0.1, -0.05) is 12.8 Å². The van der Waals surface area contributed by atoms with Crippen LogP contribution in [0.3, 0.4) is 0 Å². The smallest absolute Gasteiger partial charge is 0.178 e.